The van der Waals surface area contributed by atoms with Crippen LogP contribution in [0.5, 0.6) is 5.75 Å². The van der Waals surface area contributed by atoms with Gasteiger partial charge < -0.3 is 15.2 Å². The first-order valence-electron chi connectivity index (χ1n) is 6.16. The molecule has 1 aliphatic carbocycles. The van der Waals surface area contributed by atoms with E-state index in [-0.39, 0.29) is 11.4 Å². The second kappa shape index (κ2) is 4.77. The van der Waals surface area contributed by atoms with Crippen molar-refractivity contribution in [1.82, 2.24) is 0 Å². The van der Waals surface area contributed by atoms with Crippen molar-refractivity contribution in [3.05, 3.63) is 24.0 Å². The maximum Gasteiger partial charge on any atom is 0.307 e. The highest BCUT2D eigenvalue weighted by Crippen LogP contribution is 2.58. The number of amides is 1. The molecule has 0 radical (unpaired) electrons. The number of benzene rings is 1. The van der Waals surface area contributed by atoms with Gasteiger partial charge in [0.15, 0.2) is 11.6 Å². The molecule has 0 aromatic heterocycles. The molecule has 0 saturated heterocycles. The number of carbonyl (C=O) groups excluding carboxylic acids is 1. The van der Waals surface area contributed by atoms with Gasteiger partial charge in [0.1, 0.15) is 0 Å². The molecular formula is C14H16FNO4. The third-order valence-corrected chi connectivity index (χ3v) is 3.80. The minimum atomic E-state index is -0.990. The number of halogens is 1. The standard InChI is InChI=1S/C14H16FNO4/c1-14(2)10(11(14)13(18)19)12(17)16-7-4-5-9(20-3)8(15)6-7/h4-6,10-11H,1-3H3,(H,16,17)(H,18,19)/t10-,11+/m1/s1. The minimum absolute atomic E-state index is 0.0816. The average molecular weight is 281 g/mol. The van der Waals surface area contributed by atoms with Crippen LogP contribution < -0.4 is 10.1 Å². The van der Waals surface area contributed by atoms with Crippen LogP contribution in [0.3, 0.4) is 0 Å². The third kappa shape index (κ3) is 2.33. The summed E-state index contributed by atoms with van der Waals surface area (Å²) in [4.78, 5) is 23.1. The lowest BCUT2D eigenvalue weighted by Crippen LogP contribution is -2.17. The van der Waals surface area contributed by atoms with Gasteiger partial charge in [0.05, 0.1) is 18.9 Å². The predicted octanol–water partition coefficient (Wildman–Crippen LogP) is 2.13. The zero-order chi connectivity index (χ0) is 15.1. The molecule has 0 unspecified atom stereocenters. The lowest BCUT2D eigenvalue weighted by Gasteiger charge is -2.08. The van der Waals surface area contributed by atoms with Crippen LogP contribution in [0.1, 0.15) is 13.8 Å². The smallest absolute Gasteiger partial charge is 0.307 e. The Kier molecular flexibility index (Phi) is 3.41. The first kappa shape index (κ1) is 14.3. The molecule has 0 bridgehead atoms. The van der Waals surface area contributed by atoms with Crippen molar-refractivity contribution in [3.8, 4) is 5.75 Å². The zero-order valence-corrected chi connectivity index (χ0v) is 11.4. The number of anilines is 1. The molecule has 2 N–H and O–H groups in total. The van der Waals surface area contributed by atoms with Gasteiger partial charge in [0, 0.05) is 11.8 Å². The number of carbonyl (C=O) groups is 2. The first-order chi connectivity index (χ1) is 9.28. The third-order valence-electron chi connectivity index (χ3n) is 3.80. The number of ether oxygens (including phenoxy) is 1. The van der Waals surface area contributed by atoms with E-state index in [4.69, 9.17) is 9.84 Å². The zero-order valence-electron chi connectivity index (χ0n) is 11.4. The fourth-order valence-corrected chi connectivity index (χ4v) is 2.55. The number of hydrogen-bond donors (Lipinski definition) is 2. The lowest BCUT2D eigenvalue weighted by atomic mass is 10.1. The number of aliphatic carboxylic acids is 1. The summed E-state index contributed by atoms with van der Waals surface area (Å²) < 4.78 is 18.3. The molecule has 108 valence electrons. The van der Waals surface area contributed by atoms with Crippen LogP contribution in [0.25, 0.3) is 0 Å². The molecule has 6 heteroatoms. The summed E-state index contributed by atoms with van der Waals surface area (Å²) in [7, 11) is 1.35. The molecule has 1 aromatic carbocycles. The van der Waals surface area contributed by atoms with E-state index < -0.39 is 34.9 Å². The van der Waals surface area contributed by atoms with Crippen LogP contribution in [0.15, 0.2) is 18.2 Å². The topological polar surface area (TPSA) is 75.6 Å². The van der Waals surface area contributed by atoms with Crippen molar-refractivity contribution in [2.45, 2.75) is 13.8 Å². The van der Waals surface area contributed by atoms with Gasteiger partial charge in [-0.25, -0.2) is 4.39 Å². The van der Waals surface area contributed by atoms with Crippen molar-refractivity contribution in [2.24, 2.45) is 17.3 Å². The lowest BCUT2D eigenvalue weighted by molar-refractivity contribution is -0.140. The Morgan fingerprint density at radius 2 is 2.00 bits per heavy atom. The molecule has 1 aliphatic rings. The highest BCUT2D eigenvalue weighted by molar-refractivity contribution is 5.99. The fraction of sp³-hybridized carbons (Fsp3) is 0.429. The van der Waals surface area contributed by atoms with Gasteiger partial charge in [-0.15, -0.1) is 0 Å². The highest BCUT2D eigenvalue weighted by Gasteiger charge is 2.65. The van der Waals surface area contributed by atoms with Crippen molar-refractivity contribution >= 4 is 17.6 Å². The summed E-state index contributed by atoms with van der Waals surface area (Å²) in [5, 5.41) is 11.6. The quantitative estimate of drug-likeness (QED) is 0.886. The van der Waals surface area contributed by atoms with Crippen LogP contribution in [0.2, 0.25) is 0 Å². The van der Waals surface area contributed by atoms with E-state index in [0.717, 1.165) is 6.07 Å². The van der Waals surface area contributed by atoms with E-state index in [1.807, 2.05) is 0 Å². The normalized spacial score (nSPS) is 23.0. The fourth-order valence-electron chi connectivity index (χ4n) is 2.55. The Morgan fingerprint density at radius 3 is 2.45 bits per heavy atom. The van der Waals surface area contributed by atoms with Gasteiger partial charge >= 0.3 is 5.97 Å². The number of carboxylic acid groups (broad SMARTS) is 1. The number of methoxy groups -OCH3 is 1. The largest absolute Gasteiger partial charge is 0.494 e. The van der Waals surface area contributed by atoms with Crippen LogP contribution in [0.4, 0.5) is 10.1 Å². The number of carboxylic acids is 1. The molecule has 2 rings (SSSR count). The molecule has 1 amide bonds. The van der Waals surface area contributed by atoms with Crippen LogP contribution in [-0.2, 0) is 9.59 Å². The average Bonchev–Trinajstić information content (AvgIpc) is 2.93. The van der Waals surface area contributed by atoms with E-state index in [2.05, 4.69) is 5.32 Å². The first-order valence-corrected chi connectivity index (χ1v) is 6.16. The van der Waals surface area contributed by atoms with Gasteiger partial charge in [-0.05, 0) is 17.5 Å². The molecule has 0 spiro atoms. The second-order valence-electron chi connectivity index (χ2n) is 5.45. The van der Waals surface area contributed by atoms with E-state index in [1.54, 1.807) is 13.8 Å². The van der Waals surface area contributed by atoms with Gasteiger partial charge in [-0.3, -0.25) is 9.59 Å². The maximum absolute atomic E-state index is 13.5. The van der Waals surface area contributed by atoms with E-state index in [9.17, 15) is 14.0 Å². The van der Waals surface area contributed by atoms with Crippen molar-refractivity contribution in [1.29, 1.82) is 0 Å². The van der Waals surface area contributed by atoms with Crippen LogP contribution >= 0.6 is 0 Å². The number of rotatable bonds is 4. The maximum atomic E-state index is 13.5. The van der Waals surface area contributed by atoms with Gasteiger partial charge in [-0.2, -0.15) is 0 Å². The molecular weight excluding hydrogens is 265 g/mol. The number of hydrogen-bond acceptors (Lipinski definition) is 3. The Hall–Kier alpha value is -2.11. The predicted molar refractivity (Wildman–Crippen MR) is 70.0 cm³/mol. The Balaban J connectivity index is 2.10. The summed E-state index contributed by atoms with van der Waals surface area (Å²) in [6.45, 7) is 3.45. The Morgan fingerprint density at radius 1 is 1.35 bits per heavy atom. The Labute approximate surface area is 115 Å². The highest BCUT2D eigenvalue weighted by atomic mass is 19.1. The van der Waals surface area contributed by atoms with E-state index in [1.165, 1.54) is 19.2 Å². The molecule has 2 atom stereocenters. The molecule has 1 saturated carbocycles. The molecule has 1 aromatic rings. The van der Waals surface area contributed by atoms with E-state index >= 15 is 0 Å². The minimum Gasteiger partial charge on any atom is -0.494 e. The second-order valence-corrected chi connectivity index (χ2v) is 5.45. The summed E-state index contributed by atoms with van der Waals surface area (Å²) in [6, 6.07) is 4.05. The molecule has 0 heterocycles. The van der Waals surface area contributed by atoms with Crippen molar-refractivity contribution in [3.63, 3.8) is 0 Å². The SMILES string of the molecule is COc1ccc(NC(=O)[C@H]2[C@@H](C(=O)O)C2(C)C)cc1F. The van der Waals surface area contributed by atoms with Gasteiger partial charge in [0.2, 0.25) is 5.91 Å². The van der Waals surface area contributed by atoms with Gasteiger partial charge in [-0.1, -0.05) is 13.8 Å². The van der Waals surface area contributed by atoms with Gasteiger partial charge in [0.25, 0.3) is 0 Å². The van der Waals surface area contributed by atoms with Crippen molar-refractivity contribution in [2.75, 3.05) is 12.4 Å². The summed E-state index contributed by atoms with van der Waals surface area (Å²) in [5.74, 6) is -3.22. The molecule has 0 aliphatic heterocycles. The molecule has 5 nitrogen and oxygen atoms in total. The summed E-state index contributed by atoms with van der Waals surface area (Å²) >= 11 is 0. The Bertz CT molecular complexity index is 570. The van der Waals surface area contributed by atoms with E-state index in [0.29, 0.717) is 0 Å². The van der Waals surface area contributed by atoms with Crippen molar-refractivity contribution < 1.29 is 23.8 Å². The van der Waals surface area contributed by atoms with Crippen LogP contribution in [-0.4, -0.2) is 24.1 Å². The summed E-state index contributed by atoms with van der Waals surface area (Å²) in [5.41, 5.74) is -0.305. The number of nitrogens with one attached hydrogen (secondary N) is 1. The molecule has 1 fully saturated rings. The summed E-state index contributed by atoms with van der Waals surface area (Å²) in [6.07, 6.45) is 0. The molecule has 20 heavy (non-hydrogen) atoms. The van der Waals surface area contributed by atoms with Crippen LogP contribution in [0, 0.1) is 23.1 Å². The monoisotopic (exact) mass is 281 g/mol.